The summed E-state index contributed by atoms with van der Waals surface area (Å²) < 4.78 is 1.46. The van der Waals surface area contributed by atoms with Crippen LogP contribution in [0.1, 0.15) is 13.8 Å². The van der Waals surface area contributed by atoms with Crippen LogP contribution in [0.3, 0.4) is 0 Å². The maximum atomic E-state index is 11.2. The first-order valence-corrected chi connectivity index (χ1v) is 4.89. The van der Waals surface area contributed by atoms with Gasteiger partial charge in [-0.2, -0.15) is 0 Å². The van der Waals surface area contributed by atoms with Crippen molar-refractivity contribution in [1.29, 1.82) is 0 Å². The SMILES string of the molecule is CC(C)C(=O)NCCn1cnccc1=O. The number of amides is 1. The van der Waals surface area contributed by atoms with E-state index < -0.39 is 0 Å². The summed E-state index contributed by atoms with van der Waals surface area (Å²) in [5.41, 5.74) is -0.108. The molecule has 0 bridgehead atoms. The Morgan fingerprint density at radius 2 is 2.33 bits per heavy atom. The molecular weight excluding hydrogens is 194 g/mol. The molecule has 0 aliphatic heterocycles. The van der Waals surface area contributed by atoms with E-state index in [0.717, 1.165) is 0 Å². The lowest BCUT2D eigenvalue weighted by molar-refractivity contribution is -0.124. The average Bonchev–Trinajstić information content (AvgIpc) is 2.20. The number of aromatic nitrogens is 2. The third kappa shape index (κ3) is 3.53. The fourth-order valence-electron chi connectivity index (χ4n) is 1.05. The molecule has 1 aromatic heterocycles. The molecule has 15 heavy (non-hydrogen) atoms. The van der Waals surface area contributed by atoms with Crippen molar-refractivity contribution < 1.29 is 4.79 Å². The van der Waals surface area contributed by atoms with Crippen LogP contribution in [-0.2, 0) is 11.3 Å². The molecule has 0 saturated carbocycles. The summed E-state index contributed by atoms with van der Waals surface area (Å²) in [7, 11) is 0. The van der Waals surface area contributed by atoms with Crippen molar-refractivity contribution in [2.75, 3.05) is 6.54 Å². The fraction of sp³-hybridized carbons (Fsp3) is 0.500. The van der Waals surface area contributed by atoms with Gasteiger partial charge in [-0.3, -0.25) is 14.2 Å². The maximum absolute atomic E-state index is 11.2. The van der Waals surface area contributed by atoms with E-state index in [2.05, 4.69) is 10.3 Å². The Balaban J connectivity index is 2.42. The minimum Gasteiger partial charge on any atom is -0.354 e. The number of hydrogen-bond acceptors (Lipinski definition) is 3. The van der Waals surface area contributed by atoms with Crippen LogP contribution >= 0.6 is 0 Å². The molecule has 1 aromatic rings. The van der Waals surface area contributed by atoms with Crippen LogP contribution in [-0.4, -0.2) is 22.0 Å². The van der Waals surface area contributed by atoms with Gasteiger partial charge in [0.1, 0.15) is 0 Å². The summed E-state index contributed by atoms with van der Waals surface area (Å²) in [5.74, 6) is -0.0393. The Kier molecular flexibility index (Phi) is 4.03. The van der Waals surface area contributed by atoms with Crippen LogP contribution in [0.15, 0.2) is 23.4 Å². The molecule has 0 saturated heterocycles. The molecule has 5 nitrogen and oxygen atoms in total. The topological polar surface area (TPSA) is 64.0 Å². The number of rotatable bonds is 4. The molecule has 0 unspecified atom stereocenters. The standard InChI is InChI=1S/C10H15N3O2/c1-8(2)10(15)12-5-6-13-7-11-4-3-9(13)14/h3-4,7-8H,5-6H2,1-2H3,(H,12,15). The smallest absolute Gasteiger partial charge is 0.253 e. The van der Waals surface area contributed by atoms with Gasteiger partial charge >= 0.3 is 0 Å². The first-order chi connectivity index (χ1) is 7.11. The minimum atomic E-state index is -0.108. The highest BCUT2D eigenvalue weighted by molar-refractivity contribution is 5.77. The highest BCUT2D eigenvalue weighted by Gasteiger charge is 2.05. The van der Waals surface area contributed by atoms with Gasteiger partial charge in [0.05, 0.1) is 6.33 Å². The zero-order valence-electron chi connectivity index (χ0n) is 8.93. The molecule has 0 aromatic carbocycles. The summed E-state index contributed by atoms with van der Waals surface area (Å²) in [5, 5.41) is 2.73. The number of carbonyl (C=O) groups is 1. The van der Waals surface area contributed by atoms with Crippen molar-refractivity contribution in [3.8, 4) is 0 Å². The zero-order chi connectivity index (χ0) is 11.3. The highest BCUT2D eigenvalue weighted by Crippen LogP contribution is 1.89. The predicted octanol–water partition coefficient (Wildman–Crippen LogP) is 0.0155. The van der Waals surface area contributed by atoms with E-state index in [1.54, 1.807) is 0 Å². The Morgan fingerprint density at radius 3 is 2.93 bits per heavy atom. The first-order valence-electron chi connectivity index (χ1n) is 4.89. The van der Waals surface area contributed by atoms with Gasteiger partial charge in [-0.05, 0) is 0 Å². The van der Waals surface area contributed by atoms with E-state index in [4.69, 9.17) is 0 Å². The number of hydrogen-bond donors (Lipinski definition) is 1. The van der Waals surface area contributed by atoms with Gasteiger partial charge in [0.15, 0.2) is 0 Å². The summed E-state index contributed by atoms with van der Waals surface area (Å²) in [4.78, 5) is 26.3. The normalized spacial score (nSPS) is 10.3. The molecule has 0 fully saturated rings. The van der Waals surface area contributed by atoms with E-state index in [9.17, 15) is 9.59 Å². The third-order valence-electron chi connectivity index (χ3n) is 1.97. The molecule has 1 heterocycles. The monoisotopic (exact) mass is 209 g/mol. The predicted molar refractivity (Wildman–Crippen MR) is 56.3 cm³/mol. The van der Waals surface area contributed by atoms with Crippen LogP contribution in [0.2, 0.25) is 0 Å². The van der Waals surface area contributed by atoms with Gasteiger partial charge < -0.3 is 5.32 Å². The van der Waals surface area contributed by atoms with Crippen molar-refractivity contribution in [2.24, 2.45) is 5.92 Å². The van der Waals surface area contributed by atoms with Crippen LogP contribution < -0.4 is 10.9 Å². The molecule has 0 spiro atoms. The summed E-state index contributed by atoms with van der Waals surface area (Å²) in [6.45, 7) is 4.55. The highest BCUT2D eigenvalue weighted by atomic mass is 16.2. The van der Waals surface area contributed by atoms with Gasteiger partial charge in [-0.1, -0.05) is 13.8 Å². The van der Waals surface area contributed by atoms with Crippen LogP contribution in [0.25, 0.3) is 0 Å². The molecule has 82 valence electrons. The lowest BCUT2D eigenvalue weighted by Crippen LogP contribution is -2.32. The minimum absolute atomic E-state index is 0.00746. The van der Waals surface area contributed by atoms with Gasteiger partial charge in [-0.15, -0.1) is 0 Å². The van der Waals surface area contributed by atoms with Gasteiger partial charge in [0, 0.05) is 31.3 Å². The molecule has 1 rings (SSSR count). The second kappa shape index (κ2) is 5.29. The van der Waals surface area contributed by atoms with Gasteiger partial charge in [0.25, 0.3) is 5.56 Å². The Hall–Kier alpha value is -1.65. The number of carbonyl (C=O) groups excluding carboxylic acids is 1. The van der Waals surface area contributed by atoms with Crippen molar-refractivity contribution in [2.45, 2.75) is 20.4 Å². The van der Waals surface area contributed by atoms with E-state index in [1.165, 1.54) is 23.2 Å². The van der Waals surface area contributed by atoms with Crippen molar-refractivity contribution >= 4 is 5.91 Å². The lowest BCUT2D eigenvalue weighted by atomic mass is 10.2. The largest absolute Gasteiger partial charge is 0.354 e. The Morgan fingerprint density at radius 1 is 1.60 bits per heavy atom. The van der Waals surface area contributed by atoms with Gasteiger partial charge in [0.2, 0.25) is 5.91 Å². The quantitative estimate of drug-likeness (QED) is 0.760. The molecule has 0 atom stereocenters. The van der Waals surface area contributed by atoms with Crippen molar-refractivity contribution in [3.63, 3.8) is 0 Å². The van der Waals surface area contributed by atoms with E-state index in [0.29, 0.717) is 13.1 Å². The van der Waals surface area contributed by atoms with E-state index >= 15 is 0 Å². The summed E-state index contributed by atoms with van der Waals surface area (Å²) >= 11 is 0. The molecule has 1 N–H and O–H groups in total. The van der Waals surface area contributed by atoms with E-state index in [1.807, 2.05) is 13.8 Å². The number of nitrogens with zero attached hydrogens (tertiary/aromatic N) is 2. The lowest BCUT2D eigenvalue weighted by Gasteiger charge is -2.08. The average molecular weight is 209 g/mol. The summed E-state index contributed by atoms with van der Waals surface area (Å²) in [6.07, 6.45) is 2.91. The fourth-order valence-corrected chi connectivity index (χ4v) is 1.05. The molecule has 1 amide bonds. The summed E-state index contributed by atoms with van der Waals surface area (Å²) in [6, 6.07) is 1.39. The van der Waals surface area contributed by atoms with Crippen LogP contribution in [0.5, 0.6) is 0 Å². The van der Waals surface area contributed by atoms with Crippen LogP contribution in [0, 0.1) is 5.92 Å². The second-order valence-electron chi connectivity index (χ2n) is 3.56. The third-order valence-corrected chi connectivity index (χ3v) is 1.97. The van der Waals surface area contributed by atoms with Crippen molar-refractivity contribution in [3.05, 3.63) is 28.9 Å². The molecule has 0 radical (unpaired) electrons. The van der Waals surface area contributed by atoms with E-state index in [-0.39, 0.29) is 17.4 Å². The Bertz CT molecular complexity index is 384. The zero-order valence-corrected chi connectivity index (χ0v) is 8.93. The maximum Gasteiger partial charge on any atom is 0.253 e. The first kappa shape index (κ1) is 11.4. The molecular formula is C10H15N3O2. The molecule has 0 aliphatic carbocycles. The number of nitrogens with one attached hydrogen (secondary N) is 1. The Labute approximate surface area is 88.1 Å². The van der Waals surface area contributed by atoms with Gasteiger partial charge in [-0.25, -0.2) is 4.98 Å². The van der Waals surface area contributed by atoms with Crippen molar-refractivity contribution in [1.82, 2.24) is 14.9 Å². The second-order valence-corrected chi connectivity index (χ2v) is 3.56. The molecule has 0 aliphatic rings. The molecule has 5 heteroatoms. The van der Waals surface area contributed by atoms with Crippen LogP contribution in [0.4, 0.5) is 0 Å².